The Morgan fingerprint density at radius 1 is 1.50 bits per heavy atom. The Hall–Kier alpha value is -2.11. The molecule has 0 aliphatic rings. The minimum atomic E-state index is -0.470. The first kappa shape index (κ1) is 12.0. The standard InChI is InChI=1S/C10H13N3O3/c1-12(2)7-6-8-9(13(14)15)4-5-10(11-8)16-3/h4-7H,1-3H3. The van der Waals surface area contributed by atoms with Crippen molar-refractivity contribution in [2.45, 2.75) is 0 Å². The third kappa shape index (κ3) is 2.94. The van der Waals surface area contributed by atoms with Gasteiger partial charge in [0.15, 0.2) is 0 Å². The average Bonchev–Trinajstić information content (AvgIpc) is 2.25. The van der Waals surface area contributed by atoms with Gasteiger partial charge >= 0.3 is 0 Å². The van der Waals surface area contributed by atoms with Crippen LogP contribution in [0.25, 0.3) is 6.08 Å². The average molecular weight is 223 g/mol. The van der Waals surface area contributed by atoms with Crippen LogP contribution in [0.3, 0.4) is 0 Å². The van der Waals surface area contributed by atoms with E-state index in [1.807, 2.05) is 14.1 Å². The molecule has 1 heterocycles. The molecule has 86 valence electrons. The summed E-state index contributed by atoms with van der Waals surface area (Å²) < 4.78 is 4.92. The molecule has 0 saturated carbocycles. The van der Waals surface area contributed by atoms with Gasteiger partial charge in [-0.05, 0) is 6.08 Å². The van der Waals surface area contributed by atoms with Gasteiger partial charge < -0.3 is 9.64 Å². The third-order valence-electron chi connectivity index (χ3n) is 1.81. The highest BCUT2D eigenvalue weighted by atomic mass is 16.6. The van der Waals surface area contributed by atoms with Crippen LogP contribution in [0, 0.1) is 10.1 Å². The van der Waals surface area contributed by atoms with Gasteiger partial charge in [0.2, 0.25) is 5.88 Å². The first-order valence-corrected chi connectivity index (χ1v) is 4.58. The van der Waals surface area contributed by atoms with Gasteiger partial charge in [0, 0.05) is 32.4 Å². The number of methoxy groups -OCH3 is 1. The van der Waals surface area contributed by atoms with Crippen molar-refractivity contribution in [1.29, 1.82) is 0 Å². The van der Waals surface area contributed by atoms with Crippen molar-refractivity contribution in [2.24, 2.45) is 0 Å². The van der Waals surface area contributed by atoms with Gasteiger partial charge in [-0.15, -0.1) is 0 Å². The highest BCUT2D eigenvalue weighted by molar-refractivity contribution is 5.57. The summed E-state index contributed by atoms with van der Waals surface area (Å²) in [5.41, 5.74) is 0.233. The van der Waals surface area contributed by atoms with Gasteiger partial charge in [0.25, 0.3) is 5.69 Å². The molecule has 0 aliphatic carbocycles. The fourth-order valence-corrected chi connectivity index (χ4v) is 1.06. The zero-order valence-electron chi connectivity index (χ0n) is 9.38. The van der Waals surface area contributed by atoms with Gasteiger partial charge in [-0.25, -0.2) is 4.98 Å². The fraction of sp³-hybridized carbons (Fsp3) is 0.300. The molecule has 1 rings (SSSR count). The SMILES string of the molecule is COc1ccc([N+](=O)[O-])c(C=CN(C)C)n1. The van der Waals surface area contributed by atoms with Gasteiger partial charge in [-0.1, -0.05) is 0 Å². The summed E-state index contributed by atoms with van der Waals surface area (Å²) in [5.74, 6) is 0.351. The van der Waals surface area contributed by atoms with Crippen molar-refractivity contribution in [2.75, 3.05) is 21.2 Å². The lowest BCUT2D eigenvalue weighted by Crippen LogP contribution is -2.01. The van der Waals surface area contributed by atoms with E-state index in [0.29, 0.717) is 5.88 Å². The van der Waals surface area contributed by atoms with Crippen molar-refractivity contribution in [1.82, 2.24) is 9.88 Å². The monoisotopic (exact) mass is 223 g/mol. The van der Waals surface area contributed by atoms with E-state index in [4.69, 9.17) is 4.74 Å². The molecular formula is C10H13N3O3. The number of nitro groups is 1. The van der Waals surface area contributed by atoms with Crippen molar-refractivity contribution in [3.05, 3.63) is 34.1 Å². The number of rotatable bonds is 4. The van der Waals surface area contributed by atoms with E-state index in [1.54, 1.807) is 17.2 Å². The van der Waals surface area contributed by atoms with E-state index in [0.717, 1.165) is 0 Å². The molecule has 0 fully saturated rings. The van der Waals surface area contributed by atoms with Crippen molar-refractivity contribution >= 4 is 11.8 Å². The molecular weight excluding hydrogens is 210 g/mol. The Balaban J connectivity index is 3.15. The molecule has 0 bridgehead atoms. The van der Waals surface area contributed by atoms with Crippen LogP contribution in [-0.2, 0) is 0 Å². The smallest absolute Gasteiger partial charge is 0.295 e. The second-order valence-corrected chi connectivity index (χ2v) is 3.29. The lowest BCUT2D eigenvalue weighted by atomic mass is 10.3. The Kier molecular flexibility index (Phi) is 3.82. The summed E-state index contributed by atoms with van der Waals surface area (Å²) in [6, 6.07) is 2.84. The lowest BCUT2D eigenvalue weighted by Gasteiger charge is -2.04. The number of nitrogens with zero attached hydrogens (tertiary/aromatic N) is 3. The zero-order valence-corrected chi connectivity index (χ0v) is 9.38. The van der Waals surface area contributed by atoms with Crippen molar-refractivity contribution in [3.63, 3.8) is 0 Å². The lowest BCUT2D eigenvalue weighted by molar-refractivity contribution is -0.385. The molecule has 0 atom stereocenters. The number of hydrogen-bond donors (Lipinski definition) is 0. The summed E-state index contributed by atoms with van der Waals surface area (Å²) in [6.07, 6.45) is 3.26. The van der Waals surface area contributed by atoms with E-state index in [1.165, 1.54) is 19.2 Å². The molecule has 0 amide bonds. The molecule has 6 heteroatoms. The number of ether oxygens (including phenoxy) is 1. The van der Waals surface area contributed by atoms with Crippen LogP contribution in [0.4, 0.5) is 5.69 Å². The Labute approximate surface area is 93.3 Å². The van der Waals surface area contributed by atoms with Crippen LogP contribution in [-0.4, -0.2) is 36.0 Å². The molecule has 0 aromatic carbocycles. The summed E-state index contributed by atoms with van der Waals surface area (Å²) in [4.78, 5) is 16.0. The quantitative estimate of drug-likeness (QED) is 0.572. The highest BCUT2D eigenvalue weighted by Crippen LogP contribution is 2.21. The predicted molar refractivity (Wildman–Crippen MR) is 60.2 cm³/mol. The van der Waals surface area contributed by atoms with E-state index in [2.05, 4.69) is 4.98 Å². The molecule has 0 unspecified atom stereocenters. The third-order valence-corrected chi connectivity index (χ3v) is 1.81. The van der Waals surface area contributed by atoms with Gasteiger partial charge in [-0.3, -0.25) is 10.1 Å². The maximum Gasteiger partial charge on any atom is 0.295 e. The Morgan fingerprint density at radius 3 is 2.69 bits per heavy atom. The highest BCUT2D eigenvalue weighted by Gasteiger charge is 2.13. The molecule has 0 aliphatic heterocycles. The molecule has 0 N–H and O–H groups in total. The van der Waals surface area contributed by atoms with E-state index in [9.17, 15) is 10.1 Å². The first-order chi connectivity index (χ1) is 7.54. The van der Waals surface area contributed by atoms with Crippen LogP contribution >= 0.6 is 0 Å². The normalized spacial score (nSPS) is 10.4. The summed E-state index contributed by atoms with van der Waals surface area (Å²) in [6.45, 7) is 0. The fourth-order valence-electron chi connectivity index (χ4n) is 1.06. The molecule has 0 spiro atoms. The summed E-state index contributed by atoms with van der Waals surface area (Å²) in [7, 11) is 5.11. The molecule has 0 radical (unpaired) electrons. The van der Waals surface area contributed by atoms with Crippen molar-refractivity contribution < 1.29 is 9.66 Å². The zero-order chi connectivity index (χ0) is 12.1. The Bertz CT molecular complexity index is 416. The van der Waals surface area contributed by atoms with Crippen LogP contribution in [0.2, 0.25) is 0 Å². The summed E-state index contributed by atoms with van der Waals surface area (Å²) >= 11 is 0. The van der Waals surface area contributed by atoms with E-state index >= 15 is 0 Å². The van der Waals surface area contributed by atoms with Crippen LogP contribution in [0.5, 0.6) is 5.88 Å². The van der Waals surface area contributed by atoms with Crippen LogP contribution in [0.1, 0.15) is 5.69 Å². The molecule has 1 aromatic heterocycles. The number of hydrogen-bond acceptors (Lipinski definition) is 5. The summed E-state index contributed by atoms with van der Waals surface area (Å²) in [5, 5.41) is 10.7. The van der Waals surface area contributed by atoms with Gasteiger partial charge in [0.1, 0.15) is 5.69 Å². The predicted octanol–water partition coefficient (Wildman–Crippen LogP) is 1.53. The van der Waals surface area contributed by atoms with Gasteiger partial charge in [-0.2, -0.15) is 0 Å². The van der Waals surface area contributed by atoms with Crippen molar-refractivity contribution in [3.8, 4) is 5.88 Å². The number of pyridine rings is 1. The van der Waals surface area contributed by atoms with E-state index in [-0.39, 0.29) is 11.4 Å². The maximum absolute atomic E-state index is 10.7. The molecule has 1 aromatic rings. The molecule has 6 nitrogen and oxygen atoms in total. The first-order valence-electron chi connectivity index (χ1n) is 4.58. The minimum Gasteiger partial charge on any atom is -0.481 e. The largest absolute Gasteiger partial charge is 0.481 e. The van der Waals surface area contributed by atoms with Gasteiger partial charge in [0.05, 0.1) is 12.0 Å². The molecule has 16 heavy (non-hydrogen) atoms. The topological polar surface area (TPSA) is 68.5 Å². The second-order valence-electron chi connectivity index (χ2n) is 3.29. The van der Waals surface area contributed by atoms with Crippen LogP contribution < -0.4 is 4.74 Å². The maximum atomic E-state index is 10.7. The second kappa shape index (κ2) is 5.11. The van der Waals surface area contributed by atoms with E-state index < -0.39 is 4.92 Å². The minimum absolute atomic E-state index is 0.0427. The number of aromatic nitrogens is 1. The molecule has 0 saturated heterocycles. The Morgan fingerprint density at radius 2 is 2.19 bits per heavy atom. The van der Waals surface area contributed by atoms with Crippen LogP contribution in [0.15, 0.2) is 18.3 Å².